The third kappa shape index (κ3) is 4.20. The Morgan fingerprint density at radius 2 is 2.03 bits per heavy atom. The summed E-state index contributed by atoms with van der Waals surface area (Å²) in [7, 11) is 1.66. The first kappa shape index (κ1) is 22.2. The molecule has 0 spiro atoms. The number of para-hydroxylation sites is 2. The van der Waals surface area contributed by atoms with Gasteiger partial charge in [0.1, 0.15) is 5.75 Å². The second kappa shape index (κ2) is 9.70. The third-order valence-corrected chi connectivity index (χ3v) is 8.60. The van der Waals surface area contributed by atoms with Gasteiger partial charge >= 0.3 is 0 Å². The summed E-state index contributed by atoms with van der Waals surface area (Å²) in [5.41, 5.74) is 2.17. The van der Waals surface area contributed by atoms with E-state index in [1.165, 1.54) is 22.2 Å². The van der Waals surface area contributed by atoms with E-state index in [0.29, 0.717) is 10.9 Å². The van der Waals surface area contributed by atoms with Gasteiger partial charge < -0.3 is 9.64 Å². The van der Waals surface area contributed by atoms with Gasteiger partial charge in [0.2, 0.25) is 5.91 Å². The van der Waals surface area contributed by atoms with Crippen LogP contribution in [-0.4, -0.2) is 45.0 Å². The highest BCUT2D eigenvalue weighted by atomic mass is 32.2. The molecule has 0 bridgehead atoms. The van der Waals surface area contributed by atoms with E-state index in [4.69, 9.17) is 4.74 Å². The Morgan fingerprint density at radius 3 is 2.82 bits per heavy atom. The molecule has 0 radical (unpaired) electrons. The second-order valence-corrected chi connectivity index (χ2v) is 10.5. The summed E-state index contributed by atoms with van der Waals surface area (Å²) in [6, 6.07) is 14.2. The molecular formula is C24H24N4O2S3. The van der Waals surface area contributed by atoms with Crippen molar-refractivity contribution in [3.8, 4) is 22.1 Å². The SMILES string of the molecule is CCC1c2ccsc2CCN1C(=O)CSc1nnc(-c2cccs2)n1-c1ccccc1OC. The van der Waals surface area contributed by atoms with E-state index in [1.54, 1.807) is 29.8 Å². The van der Waals surface area contributed by atoms with Gasteiger partial charge in [0.15, 0.2) is 11.0 Å². The Hall–Kier alpha value is -2.62. The van der Waals surface area contributed by atoms with Crippen LogP contribution in [0.1, 0.15) is 29.8 Å². The molecule has 1 aromatic carbocycles. The van der Waals surface area contributed by atoms with Crippen molar-refractivity contribution < 1.29 is 9.53 Å². The molecule has 0 saturated carbocycles. The van der Waals surface area contributed by atoms with E-state index in [9.17, 15) is 4.79 Å². The summed E-state index contributed by atoms with van der Waals surface area (Å²) in [6.45, 7) is 2.92. The van der Waals surface area contributed by atoms with Gasteiger partial charge in [0.25, 0.3) is 0 Å². The molecule has 1 amide bonds. The Balaban J connectivity index is 1.43. The van der Waals surface area contributed by atoms with Gasteiger partial charge in [0, 0.05) is 11.4 Å². The van der Waals surface area contributed by atoms with Crippen molar-refractivity contribution >= 4 is 40.3 Å². The van der Waals surface area contributed by atoms with Crippen LogP contribution in [0.4, 0.5) is 0 Å². The Bertz CT molecular complexity index is 1250. The minimum Gasteiger partial charge on any atom is -0.495 e. The fourth-order valence-electron chi connectivity index (χ4n) is 4.30. The number of aromatic nitrogens is 3. The van der Waals surface area contributed by atoms with Crippen LogP contribution in [0, 0.1) is 0 Å². The number of fused-ring (bicyclic) bond motifs is 1. The lowest BCUT2D eigenvalue weighted by Gasteiger charge is -2.35. The smallest absolute Gasteiger partial charge is 0.233 e. The zero-order valence-corrected chi connectivity index (χ0v) is 20.9. The summed E-state index contributed by atoms with van der Waals surface area (Å²) in [5, 5.41) is 13.8. The van der Waals surface area contributed by atoms with Crippen LogP contribution in [0.5, 0.6) is 5.75 Å². The van der Waals surface area contributed by atoms with Crippen LogP contribution < -0.4 is 4.74 Å². The lowest BCUT2D eigenvalue weighted by molar-refractivity contribution is -0.131. The fourth-order valence-corrected chi connectivity index (χ4v) is 6.76. The van der Waals surface area contributed by atoms with Crippen LogP contribution in [0.15, 0.2) is 58.4 Å². The van der Waals surface area contributed by atoms with Gasteiger partial charge in [0.05, 0.1) is 29.5 Å². The minimum absolute atomic E-state index is 0.135. The number of rotatable bonds is 7. The summed E-state index contributed by atoms with van der Waals surface area (Å²) < 4.78 is 7.61. The zero-order valence-electron chi connectivity index (χ0n) is 18.4. The van der Waals surface area contributed by atoms with E-state index in [-0.39, 0.29) is 11.9 Å². The molecule has 9 heteroatoms. The number of ether oxygens (including phenoxy) is 1. The molecule has 1 aliphatic heterocycles. The van der Waals surface area contributed by atoms with Crippen molar-refractivity contribution in [2.75, 3.05) is 19.4 Å². The van der Waals surface area contributed by atoms with Gasteiger partial charge in [-0.3, -0.25) is 9.36 Å². The van der Waals surface area contributed by atoms with E-state index < -0.39 is 0 Å². The number of carbonyl (C=O) groups excluding carboxylic acids is 1. The van der Waals surface area contributed by atoms with Gasteiger partial charge in [-0.25, -0.2) is 0 Å². The number of amides is 1. The molecule has 0 saturated heterocycles. The number of hydrogen-bond acceptors (Lipinski definition) is 7. The molecular weight excluding hydrogens is 472 g/mol. The van der Waals surface area contributed by atoms with Crippen LogP contribution in [0.25, 0.3) is 16.4 Å². The highest BCUT2D eigenvalue weighted by Crippen LogP contribution is 2.37. The van der Waals surface area contributed by atoms with Crippen LogP contribution in [0.2, 0.25) is 0 Å². The maximum atomic E-state index is 13.3. The van der Waals surface area contributed by atoms with Gasteiger partial charge in [-0.2, -0.15) is 0 Å². The molecule has 4 heterocycles. The van der Waals surface area contributed by atoms with E-state index in [2.05, 4.69) is 28.6 Å². The molecule has 6 nitrogen and oxygen atoms in total. The summed E-state index contributed by atoms with van der Waals surface area (Å²) in [5.74, 6) is 1.93. The van der Waals surface area contributed by atoms with Crippen molar-refractivity contribution in [3.63, 3.8) is 0 Å². The molecule has 0 N–H and O–H groups in total. The quantitative estimate of drug-likeness (QED) is 0.308. The summed E-state index contributed by atoms with van der Waals surface area (Å²) in [4.78, 5) is 17.8. The summed E-state index contributed by atoms with van der Waals surface area (Å²) >= 11 is 4.83. The maximum absolute atomic E-state index is 13.3. The highest BCUT2D eigenvalue weighted by Gasteiger charge is 2.30. The molecule has 1 atom stereocenters. The molecule has 0 fully saturated rings. The monoisotopic (exact) mass is 496 g/mol. The van der Waals surface area contributed by atoms with Crippen LogP contribution >= 0.6 is 34.4 Å². The third-order valence-electron chi connectivity index (χ3n) is 5.83. The van der Waals surface area contributed by atoms with Crippen molar-refractivity contribution in [3.05, 3.63) is 63.7 Å². The molecule has 0 aliphatic carbocycles. The van der Waals surface area contributed by atoms with Gasteiger partial charge in [-0.05, 0) is 53.4 Å². The van der Waals surface area contributed by atoms with Crippen LogP contribution in [-0.2, 0) is 11.2 Å². The Kier molecular flexibility index (Phi) is 6.52. The normalized spacial score (nSPS) is 15.5. The molecule has 33 heavy (non-hydrogen) atoms. The Labute approximate surface area is 205 Å². The first-order valence-corrected chi connectivity index (χ1v) is 13.6. The zero-order chi connectivity index (χ0) is 22.8. The van der Waals surface area contributed by atoms with E-state index in [0.717, 1.165) is 41.5 Å². The lowest BCUT2D eigenvalue weighted by Crippen LogP contribution is -2.40. The minimum atomic E-state index is 0.135. The predicted octanol–water partition coefficient (Wildman–Crippen LogP) is 5.69. The van der Waals surface area contributed by atoms with Gasteiger partial charge in [-0.1, -0.05) is 36.9 Å². The molecule has 170 valence electrons. The van der Waals surface area contributed by atoms with Crippen molar-refractivity contribution in [2.45, 2.75) is 31.0 Å². The first-order chi connectivity index (χ1) is 16.2. The molecule has 3 aromatic heterocycles. The second-order valence-electron chi connectivity index (χ2n) is 7.64. The number of hydrogen-bond donors (Lipinski definition) is 0. The predicted molar refractivity (Wildman–Crippen MR) is 135 cm³/mol. The Morgan fingerprint density at radius 1 is 1.15 bits per heavy atom. The first-order valence-electron chi connectivity index (χ1n) is 10.8. The van der Waals surface area contributed by atoms with E-state index >= 15 is 0 Å². The molecule has 1 unspecified atom stereocenters. The number of methoxy groups -OCH3 is 1. The molecule has 1 aliphatic rings. The number of thioether (sulfide) groups is 1. The maximum Gasteiger partial charge on any atom is 0.233 e. The van der Waals surface area contributed by atoms with E-state index in [1.807, 2.05) is 51.2 Å². The van der Waals surface area contributed by atoms with Crippen molar-refractivity contribution in [2.24, 2.45) is 0 Å². The van der Waals surface area contributed by atoms with Crippen molar-refractivity contribution in [1.29, 1.82) is 0 Å². The largest absolute Gasteiger partial charge is 0.495 e. The number of carbonyl (C=O) groups is 1. The standard InChI is InChI=1S/C24H24N4O2S3/c1-3-17-16-11-14-32-20(16)10-12-27(17)22(29)15-33-24-26-25-23(21-9-6-13-31-21)28(24)18-7-4-5-8-19(18)30-2/h4-9,11,13-14,17H,3,10,12,15H2,1-2H3. The average Bonchev–Trinajstić information content (AvgIpc) is 3.61. The van der Waals surface area contributed by atoms with Crippen molar-refractivity contribution in [1.82, 2.24) is 19.7 Å². The molecule has 5 rings (SSSR count). The highest BCUT2D eigenvalue weighted by molar-refractivity contribution is 7.99. The number of benzene rings is 1. The number of thiophene rings is 2. The van der Waals surface area contributed by atoms with Crippen LogP contribution in [0.3, 0.4) is 0 Å². The molecule has 4 aromatic rings. The van der Waals surface area contributed by atoms with Gasteiger partial charge in [-0.15, -0.1) is 32.9 Å². The summed E-state index contributed by atoms with van der Waals surface area (Å²) in [6.07, 6.45) is 1.85. The topological polar surface area (TPSA) is 60.2 Å². The number of nitrogens with zero attached hydrogens (tertiary/aromatic N) is 4. The average molecular weight is 497 g/mol. The fraction of sp³-hybridized carbons (Fsp3) is 0.292. The lowest BCUT2D eigenvalue weighted by atomic mass is 9.98.